The Morgan fingerprint density at radius 2 is 1.77 bits per heavy atom. The lowest BCUT2D eigenvalue weighted by molar-refractivity contribution is -0.115. The van der Waals surface area contributed by atoms with Gasteiger partial charge in [-0.2, -0.15) is 0 Å². The van der Waals surface area contributed by atoms with Gasteiger partial charge >= 0.3 is 0 Å². The average Bonchev–Trinajstić information content (AvgIpc) is 2.75. The quantitative estimate of drug-likeness (QED) is 0.202. The number of ether oxygens (including phenoxy) is 2. The van der Waals surface area contributed by atoms with Crippen molar-refractivity contribution < 1.29 is 27.4 Å². The van der Waals surface area contributed by atoms with Crippen molar-refractivity contribution in [3.63, 3.8) is 0 Å². The molecular weight excluding hydrogens is 528 g/mol. The van der Waals surface area contributed by atoms with Gasteiger partial charge in [0, 0.05) is 18.2 Å². The molecule has 2 aromatic rings. The van der Waals surface area contributed by atoms with E-state index in [1.807, 2.05) is 13.0 Å². The SMILES string of the molecule is CCNC(=NCc1ccc(OC)cc1OC)NCC(=O)Nc1ccc(F)c(F)c1F.I. The number of aliphatic imine (C=N–C) groups is 1. The first-order chi connectivity index (χ1) is 14.4. The van der Waals surface area contributed by atoms with Gasteiger partial charge in [0.15, 0.2) is 23.4 Å². The Labute approximate surface area is 195 Å². The molecule has 0 bridgehead atoms. The zero-order chi connectivity index (χ0) is 22.1. The minimum absolute atomic E-state index is 0. The second kappa shape index (κ2) is 12.9. The minimum Gasteiger partial charge on any atom is -0.497 e. The maximum Gasteiger partial charge on any atom is 0.243 e. The van der Waals surface area contributed by atoms with Crippen molar-refractivity contribution in [2.24, 2.45) is 4.99 Å². The fourth-order valence-electron chi connectivity index (χ4n) is 2.47. The zero-order valence-electron chi connectivity index (χ0n) is 17.2. The molecule has 0 radical (unpaired) electrons. The van der Waals surface area contributed by atoms with Crippen LogP contribution >= 0.6 is 24.0 Å². The molecule has 31 heavy (non-hydrogen) atoms. The van der Waals surface area contributed by atoms with E-state index in [4.69, 9.17) is 9.47 Å². The van der Waals surface area contributed by atoms with E-state index in [1.165, 1.54) is 7.11 Å². The number of hydrogen-bond donors (Lipinski definition) is 3. The molecule has 0 fully saturated rings. The monoisotopic (exact) mass is 552 g/mol. The Morgan fingerprint density at radius 1 is 1.03 bits per heavy atom. The van der Waals surface area contributed by atoms with Crippen LogP contribution in [-0.2, 0) is 11.3 Å². The van der Waals surface area contributed by atoms with Crippen LogP contribution in [0.15, 0.2) is 35.3 Å². The topological polar surface area (TPSA) is 84.0 Å². The van der Waals surface area contributed by atoms with E-state index < -0.39 is 29.0 Å². The lowest BCUT2D eigenvalue weighted by Gasteiger charge is -2.13. The first kappa shape index (κ1) is 26.3. The first-order valence-corrected chi connectivity index (χ1v) is 9.06. The van der Waals surface area contributed by atoms with E-state index in [9.17, 15) is 18.0 Å². The fraction of sp³-hybridized carbons (Fsp3) is 0.300. The third kappa shape index (κ3) is 7.49. The van der Waals surface area contributed by atoms with E-state index in [-0.39, 0.29) is 37.1 Å². The van der Waals surface area contributed by atoms with E-state index in [0.29, 0.717) is 24.0 Å². The van der Waals surface area contributed by atoms with Gasteiger partial charge in [0.25, 0.3) is 0 Å². The molecule has 0 unspecified atom stereocenters. The van der Waals surface area contributed by atoms with E-state index >= 15 is 0 Å². The van der Waals surface area contributed by atoms with Crippen LogP contribution in [-0.4, -0.2) is 39.2 Å². The standard InChI is InChI=1S/C20H23F3N4O3.HI/c1-4-24-20(25-10-12-5-6-13(29-2)9-16(12)30-3)26-11-17(28)27-15-8-7-14(21)18(22)19(15)23;/h5-9H,4,10-11H2,1-3H3,(H,27,28)(H2,24,25,26);1H. The van der Waals surface area contributed by atoms with Crippen LogP contribution < -0.4 is 25.4 Å². The largest absolute Gasteiger partial charge is 0.497 e. The van der Waals surface area contributed by atoms with Crippen LogP contribution in [0.4, 0.5) is 18.9 Å². The summed E-state index contributed by atoms with van der Waals surface area (Å²) in [4.78, 5) is 16.4. The van der Waals surface area contributed by atoms with Crippen LogP contribution in [0.1, 0.15) is 12.5 Å². The molecule has 2 rings (SSSR count). The van der Waals surface area contributed by atoms with Crippen molar-refractivity contribution in [1.29, 1.82) is 0 Å². The number of benzene rings is 2. The van der Waals surface area contributed by atoms with Crippen molar-refractivity contribution in [3.8, 4) is 11.5 Å². The first-order valence-electron chi connectivity index (χ1n) is 9.06. The molecular formula is C20H24F3IN4O3. The molecule has 0 aliphatic rings. The highest BCUT2D eigenvalue weighted by atomic mass is 127. The van der Waals surface area contributed by atoms with Crippen LogP contribution in [0.3, 0.4) is 0 Å². The fourth-order valence-corrected chi connectivity index (χ4v) is 2.47. The Hall–Kier alpha value is -2.70. The Balaban J connectivity index is 0.00000480. The van der Waals surface area contributed by atoms with Gasteiger partial charge in [-0.05, 0) is 31.2 Å². The van der Waals surface area contributed by atoms with Crippen molar-refractivity contribution in [1.82, 2.24) is 10.6 Å². The summed E-state index contributed by atoms with van der Waals surface area (Å²) in [5.41, 5.74) is 0.342. The highest BCUT2D eigenvalue weighted by Gasteiger charge is 2.15. The molecule has 0 aromatic heterocycles. The third-order valence-electron chi connectivity index (χ3n) is 3.97. The number of guanidine groups is 1. The van der Waals surface area contributed by atoms with Gasteiger partial charge in [-0.25, -0.2) is 18.2 Å². The molecule has 0 saturated heterocycles. The summed E-state index contributed by atoms with van der Waals surface area (Å²) < 4.78 is 50.4. The highest BCUT2D eigenvalue weighted by molar-refractivity contribution is 14.0. The number of carbonyl (C=O) groups excluding carboxylic acids is 1. The molecule has 0 saturated carbocycles. The maximum absolute atomic E-state index is 13.7. The molecule has 2 aromatic carbocycles. The Kier molecular flexibility index (Phi) is 10.9. The van der Waals surface area contributed by atoms with Gasteiger partial charge in [0.05, 0.1) is 33.0 Å². The molecule has 170 valence electrons. The summed E-state index contributed by atoms with van der Waals surface area (Å²) in [7, 11) is 3.09. The van der Waals surface area contributed by atoms with Gasteiger partial charge < -0.3 is 25.4 Å². The molecule has 3 N–H and O–H groups in total. The van der Waals surface area contributed by atoms with Crippen LogP contribution in [0.25, 0.3) is 0 Å². The molecule has 0 heterocycles. The van der Waals surface area contributed by atoms with Gasteiger partial charge in [0.1, 0.15) is 11.5 Å². The van der Waals surface area contributed by atoms with Crippen LogP contribution in [0.2, 0.25) is 0 Å². The number of halogens is 4. The predicted octanol–water partition coefficient (Wildman–Crippen LogP) is 3.43. The number of rotatable bonds is 8. The second-order valence-corrected chi connectivity index (χ2v) is 6.00. The number of nitrogens with zero attached hydrogens (tertiary/aromatic N) is 1. The van der Waals surface area contributed by atoms with Crippen molar-refractivity contribution in [3.05, 3.63) is 53.3 Å². The highest BCUT2D eigenvalue weighted by Crippen LogP contribution is 2.25. The normalized spacial score (nSPS) is 10.7. The van der Waals surface area contributed by atoms with E-state index in [0.717, 1.165) is 17.7 Å². The Bertz CT molecular complexity index is 929. The number of carbonyl (C=O) groups is 1. The molecule has 1 amide bonds. The lowest BCUT2D eigenvalue weighted by atomic mass is 10.2. The Morgan fingerprint density at radius 3 is 2.42 bits per heavy atom. The molecule has 0 aliphatic carbocycles. The minimum atomic E-state index is -1.65. The van der Waals surface area contributed by atoms with Crippen molar-refractivity contribution in [2.75, 3.05) is 32.6 Å². The molecule has 0 atom stereocenters. The number of anilines is 1. The summed E-state index contributed by atoms with van der Waals surface area (Å²) in [5, 5.41) is 7.94. The summed E-state index contributed by atoms with van der Waals surface area (Å²) in [5.74, 6) is -3.53. The maximum atomic E-state index is 13.7. The number of hydrogen-bond acceptors (Lipinski definition) is 4. The van der Waals surface area contributed by atoms with Gasteiger partial charge in [-0.15, -0.1) is 24.0 Å². The predicted molar refractivity (Wildman–Crippen MR) is 123 cm³/mol. The van der Waals surface area contributed by atoms with Gasteiger partial charge in [-0.1, -0.05) is 0 Å². The van der Waals surface area contributed by atoms with E-state index in [2.05, 4.69) is 20.9 Å². The van der Waals surface area contributed by atoms with Crippen molar-refractivity contribution in [2.45, 2.75) is 13.5 Å². The van der Waals surface area contributed by atoms with Crippen molar-refractivity contribution >= 4 is 41.5 Å². The smallest absolute Gasteiger partial charge is 0.243 e. The molecule has 0 spiro atoms. The van der Waals surface area contributed by atoms with Crippen LogP contribution in [0, 0.1) is 17.5 Å². The average molecular weight is 552 g/mol. The van der Waals surface area contributed by atoms with Crippen LogP contribution in [0.5, 0.6) is 11.5 Å². The number of methoxy groups -OCH3 is 2. The lowest BCUT2D eigenvalue weighted by Crippen LogP contribution is -2.41. The van der Waals surface area contributed by atoms with Gasteiger partial charge in [0.2, 0.25) is 5.91 Å². The summed E-state index contributed by atoms with van der Waals surface area (Å²) in [6, 6.07) is 6.99. The second-order valence-electron chi connectivity index (χ2n) is 6.00. The number of amides is 1. The van der Waals surface area contributed by atoms with Gasteiger partial charge in [-0.3, -0.25) is 4.79 Å². The molecule has 7 nitrogen and oxygen atoms in total. The molecule has 11 heteroatoms. The molecule has 0 aliphatic heterocycles. The van der Waals surface area contributed by atoms with E-state index in [1.54, 1.807) is 19.2 Å². The third-order valence-corrected chi connectivity index (χ3v) is 3.97. The zero-order valence-corrected chi connectivity index (χ0v) is 19.6. The summed E-state index contributed by atoms with van der Waals surface area (Å²) >= 11 is 0. The summed E-state index contributed by atoms with van der Waals surface area (Å²) in [6.07, 6.45) is 0. The summed E-state index contributed by atoms with van der Waals surface area (Å²) in [6.45, 7) is 2.36. The number of nitrogens with one attached hydrogen (secondary N) is 3.